The maximum Gasteiger partial charge on any atom is 0.240 e. The molecule has 0 amide bonds. The Kier molecular flexibility index (Phi) is 6.98. The predicted molar refractivity (Wildman–Crippen MR) is 110 cm³/mol. The molecule has 0 unspecified atom stereocenters. The van der Waals surface area contributed by atoms with Crippen LogP contribution in [0, 0.1) is 0 Å². The highest BCUT2D eigenvalue weighted by molar-refractivity contribution is 7.89. The third-order valence-corrected chi connectivity index (χ3v) is 5.83. The Morgan fingerprint density at radius 3 is 2.37 bits per heavy atom. The van der Waals surface area contributed by atoms with Crippen molar-refractivity contribution in [2.45, 2.75) is 30.7 Å². The number of aliphatic imine (C=N–C) groups is 1. The van der Waals surface area contributed by atoms with Gasteiger partial charge in [-0.2, -0.15) is 0 Å². The quantitative estimate of drug-likeness (QED) is 0.502. The van der Waals surface area contributed by atoms with E-state index in [2.05, 4.69) is 46.3 Å². The van der Waals surface area contributed by atoms with E-state index in [-0.39, 0.29) is 10.3 Å². The minimum atomic E-state index is -3.45. The Balaban J connectivity index is 1.98. The lowest BCUT2D eigenvalue weighted by Crippen LogP contribution is -2.43. The molecule has 0 aliphatic carbocycles. The number of hydrogen-bond acceptors (Lipinski definition) is 3. The highest BCUT2D eigenvalue weighted by atomic mass is 32.2. The number of sulfonamides is 1. The molecule has 0 saturated heterocycles. The summed E-state index contributed by atoms with van der Waals surface area (Å²) in [4.78, 5) is 4.50. The van der Waals surface area contributed by atoms with Gasteiger partial charge in [-0.1, -0.05) is 56.3 Å². The van der Waals surface area contributed by atoms with E-state index in [0.717, 1.165) is 5.56 Å². The van der Waals surface area contributed by atoms with Crippen molar-refractivity contribution in [2.75, 3.05) is 20.6 Å². The Morgan fingerprint density at radius 1 is 1.04 bits per heavy atom. The molecule has 6 nitrogen and oxygen atoms in total. The van der Waals surface area contributed by atoms with Crippen LogP contribution in [0.5, 0.6) is 0 Å². The zero-order chi connectivity index (χ0) is 19.9. The summed E-state index contributed by atoms with van der Waals surface area (Å²) in [5.74, 6) is 0.667. The van der Waals surface area contributed by atoms with Crippen LogP contribution >= 0.6 is 0 Å². The average molecular weight is 389 g/mol. The molecule has 0 heterocycles. The maximum atomic E-state index is 11.9. The zero-order valence-electron chi connectivity index (χ0n) is 16.3. The summed E-state index contributed by atoms with van der Waals surface area (Å²) in [7, 11) is -0.330. The fourth-order valence-electron chi connectivity index (χ4n) is 2.64. The summed E-state index contributed by atoms with van der Waals surface area (Å²) < 4.78 is 26.2. The van der Waals surface area contributed by atoms with E-state index in [4.69, 9.17) is 0 Å². The molecule has 2 aromatic rings. The SMILES string of the molecule is CN=C(NCc1cccc(S(=O)(=O)NC)c1)NCC(C)(C)c1ccccc1. The van der Waals surface area contributed by atoms with Crippen molar-refractivity contribution in [3.8, 4) is 0 Å². The van der Waals surface area contributed by atoms with Crippen LogP contribution in [0.4, 0.5) is 0 Å². The van der Waals surface area contributed by atoms with Crippen LogP contribution in [0.3, 0.4) is 0 Å². The van der Waals surface area contributed by atoms with Crippen LogP contribution in [0.25, 0.3) is 0 Å². The van der Waals surface area contributed by atoms with Crippen molar-refractivity contribution in [1.29, 1.82) is 0 Å². The molecular formula is C20H28N4O2S. The smallest absolute Gasteiger partial charge is 0.240 e. The number of nitrogens with zero attached hydrogens (tertiary/aromatic N) is 1. The predicted octanol–water partition coefficient (Wildman–Crippen LogP) is 2.24. The van der Waals surface area contributed by atoms with Gasteiger partial charge in [-0.3, -0.25) is 4.99 Å². The highest BCUT2D eigenvalue weighted by Gasteiger charge is 2.20. The maximum absolute atomic E-state index is 11.9. The van der Waals surface area contributed by atoms with E-state index in [1.54, 1.807) is 25.2 Å². The minimum absolute atomic E-state index is 0.0559. The van der Waals surface area contributed by atoms with Crippen molar-refractivity contribution in [1.82, 2.24) is 15.4 Å². The first-order chi connectivity index (χ1) is 12.8. The number of benzene rings is 2. The lowest BCUT2D eigenvalue weighted by molar-refractivity contribution is 0.508. The molecular weight excluding hydrogens is 360 g/mol. The Bertz CT molecular complexity index is 878. The second-order valence-corrected chi connectivity index (χ2v) is 8.77. The molecule has 0 aliphatic heterocycles. The largest absolute Gasteiger partial charge is 0.356 e. The summed E-state index contributed by atoms with van der Waals surface area (Å²) in [6.45, 7) is 5.53. The first-order valence-electron chi connectivity index (χ1n) is 8.81. The summed E-state index contributed by atoms with van der Waals surface area (Å²) >= 11 is 0. The van der Waals surface area contributed by atoms with Crippen LogP contribution in [-0.2, 0) is 22.0 Å². The molecule has 0 fully saturated rings. The molecule has 0 atom stereocenters. The van der Waals surface area contributed by atoms with Crippen LogP contribution in [0.15, 0.2) is 64.5 Å². The molecule has 27 heavy (non-hydrogen) atoms. The highest BCUT2D eigenvalue weighted by Crippen LogP contribution is 2.21. The van der Waals surface area contributed by atoms with Gasteiger partial charge in [-0.05, 0) is 30.3 Å². The monoisotopic (exact) mass is 388 g/mol. The first kappa shape index (κ1) is 20.9. The van der Waals surface area contributed by atoms with Gasteiger partial charge in [0.05, 0.1) is 4.90 Å². The standard InChI is InChI=1S/C20H28N4O2S/c1-20(2,17-10-6-5-7-11-17)15-24-19(21-3)23-14-16-9-8-12-18(13-16)27(25,26)22-4/h5-13,22H,14-15H2,1-4H3,(H2,21,23,24). The Labute approximate surface area is 162 Å². The fraction of sp³-hybridized carbons (Fsp3) is 0.350. The van der Waals surface area contributed by atoms with Crippen LogP contribution in [0.2, 0.25) is 0 Å². The van der Waals surface area contributed by atoms with Crippen LogP contribution in [0.1, 0.15) is 25.0 Å². The van der Waals surface area contributed by atoms with E-state index in [1.807, 2.05) is 24.3 Å². The number of hydrogen-bond donors (Lipinski definition) is 3. The fourth-order valence-corrected chi connectivity index (χ4v) is 3.44. The second-order valence-electron chi connectivity index (χ2n) is 6.88. The van der Waals surface area contributed by atoms with Gasteiger partial charge in [0.25, 0.3) is 0 Å². The number of guanidine groups is 1. The number of rotatable bonds is 7. The molecule has 3 N–H and O–H groups in total. The van der Waals surface area contributed by atoms with Crippen molar-refractivity contribution in [2.24, 2.45) is 4.99 Å². The third-order valence-electron chi connectivity index (χ3n) is 4.41. The molecule has 0 aromatic heterocycles. The summed E-state index contributed by atoms with van der Waals surface area (Å²) in [6.07, 6.45) is 0. The van der Waals surface area contributed by atoms with Gasteiger partial charge in [0.2, 0.25) is 10.0 Å². The summed E-state index contributed by atoms with van der Waals surface area (Å²) in [5, 5.41) is 6.57. The van der Waals surface area contributed by atoms with Gasteiger partial charge in [-0.25, -0.2) is 13.1 Å². The van der Waals surface area contributed by atoms with E-state index < -0.39 is 10.0 Å². The lowest BCUT2D eigenvalue weighted by atomic mass is 9.85. The number of nitrogens with one attached hydrogen (secondary N) is 3. The van der Waals surface area contributed by atoms with Gasteiger partial charge >= 0.3 is 0 Å². The molecule has 2 rings (SSSR count). The van der Waals surface area contributed by atoms with Crippen molar-refractivity contribution in [3.63, 3.8) is 0 Å². The second kappa shape index (κ2) is 9.01. The summed E-state index contributed by atoms with van der Waals surface area (Å²) in [6, 6.07) is 17.2. The molecule has 2 aromatic carbocycles. The van der Waals surface area contributed by atoms with Gasteiger partial charge in [0.15, 0.2) is 5.96 Å². The van der Waals surface area contributed by atoms with Crippen LogP contribution < -0.4 is 15.4 Å². The first-order valence-corrected chi connectivity index (χ1v) is 10.3. The summed E-state index contributed by atoms with van der Waals surface area (Å²) in [5.41, 5.74) is 2.05. The van der Waals surface area contributed by atoms with E-state index in [9.17, 15) is 8.42 Å². The Hall–Kier alpha value is -2.38. The Morgan fingerprint density at radius 2 is 1.74 bits per heavy atom. The van der Waals surface area contributed by atoms with Crippen LogP contribution in [-0.4, -0.2) is 35.0 Å². The molecule has 7 heteroatoms. The normalized spacial score (nSPS) is 12.7. The molecule has 0 saturated carbocycles. The van der Waals surface area contributed by atoms with Gasteiger partial charge in [0, 0.05) is 25.6 Å². The lowest BCUT2D eigenvalue weighted by Gasteiger charge is -2.26. The van der Waals surface area contributed by atoms with E-state index in [1.165, 1.54) is 12.6 Å². The topological polar surface area (TPSA) is 82.6 Å². The average Bonchev–Trinajstić information content (AvgIpc) is 2.69. The molecule has 0 aliphatic rings. The minimum Gasteiger partial charge on any atom is -0.356 e. The molecule has 0 bridgehead atoms. The van der Waals surface area contributed by atoms with Gasteiger partial charge in [-0.15, -0.1) is 0 Å². The van der Waals surface area contributed by atoms with E-state index >= 15 is 0 Å². The van der Waals surface area contributed by atoms with Gasteiger partial charge < -0.3 is 10.6 Å². The zero-order valence-corrected chi connectivity index (χ0v) is 17.1. The van der Waals surface area contributed by atoms with Crippen molar-refractivity contribution >= 4 is 16.0 Å². The molecule has 0 radical (unpaired) electrons. The van der Waals surface area contributed by atoms with E-state index in [0.29, 0.717) is 19.0 Å². The van der Waals surface area contributed by atoms with Crippen molar-refractivity contribution in [3.05, 3.63) is 65.7 Å². The molecule has 0 spiro atoms. The molecule has 146 valence electrons. The van der Waals surface area contributed by atoms with Gasteiger partial charge in [0.1, 0.15) is 0 Å². The third kappa shape index (κ3) is 5.80. The van der Waals surface area contributed by atoms with Crippen molar-refractivity contribution < 1.29 is 8.42 Å².